The van der Waals surface area contributed by atoms with Gasteiger partial charge in [-0.1, -0.05) is 0 Å². The summed E-state index contributed by atoms with van der Waals surface area (Å²) in [7, 11) is 0. The highest BCUT2D eigenvalue weighted by Gasteiger charge is 2.22. The number of morpholine rings is 1. The third kappa shape index (κ3) is 4.04. The minimum atomic E-state index is -0.679. The largest absolute Gasteiger partial charge is 0.475 e. The van der Waals surface area contributed by atoms with Gasteiger partial charge in [-0.05, 0) is 11.6 Å². The fraction of sp³-hybridized carbons (Fsp3) is 0.429. The predicted octanol–water partition coefficient (Wildman–Crippen LogP) is 1.66. The van der Waals surface area contributed by atoms with Crippen LogP contribution in [0.5, 0.6) is 5.88 Å². The minimum Gasteiger partial charge on any atom is -0.475 e. The molecular formula is C14H14ClF2N5O2. The first-order valence-electron chi connectivity index (χ1n) is 7.28. The van der Waals surface area contributed by atoms with E-state index in [1.807, 2.05) is 0 Å². The Balaban J connectivity index is 1.68. The van der Waals surface area contributed by atoms with Gasteiger partial charge in [0.25, 0.3) is 5.88 Å². The van der Waals surface area contributed by atoms with Crippen LogP contribution in [0.15, 0.2) is 12.4 Å². The number of anilines is 1. The van der Waals surface area contributed by atoms with Gasteiger partial charge in [-0.3, -0.25) is 0 Å². The second-order valence-electron chi connectivity index (χ2n) is 4.95. The molecule has 0 bridgehead atoms. The van der Waals surface area contributed by atoms with Crippen molar-refractivity contribution in [2.45, 2.75) is 6.42 Å². The van der Waals surface area contributed by atoms with E-state index >= 15 is 0 Å². The molecule has 10 heteroatoms. The average molecular weight is 358 g/mol. The Labute approximate surface area is 141 Å². The Morgan fingerprint density at radius 3 is 2.58 bits per heavy atom. The molecule has 1 aliphatic rings. The molecule has 3 rings (SSSR count). The molecule has 0 amide bonds. The number of ether oxygens (including phenoxy) is 2. The van der Waals surface area contributed by atoms with E-state index in [1.165, 1.54) is 0 Å². The second kappa shape index (κ2) is 7.63. The van der Waals surface area contributed by atoms with Crippen molar-refractivity contribution < 1.29 is 18.3 Å². The molecule has 0 aromatic carbocycles. The molecule has 24 heavy (non-hydrogen) atoms. The van der Waals surface area contributed by atoms with Crippen LogP contribution in [0, 0.1) is 11.6 Å². The lowest BCUT2D eigenvalue weighted by molar-refractivity contribution is 0.122. The highest BCUT2D eigenvalue weighted by Crippen LogP contribution is 2.26. The highest BCUT2D eigenvalue weighted by molar-refractivity contribution is 6.28. The zero-order valence-electron chi connectivity index (χ0n) is 12.6. The number of aromatic nitrogens is 4. The average Bonchev–Trinajstić information content (AvgIpc) is 2.60. The van der Waals surface area contributed by atoms with Crippen molar-refractivity contribution in [3.8, 4) is 5.88 Å². The van der Waals surface area contributed by atoms with Crippen LogP contribution in [-0.4, -0.2) is 52.8 Å². The van der Waals surface area contributed by atoms with E-state index in [9.17, 15) is 8.78 Å². The summed E-state index contributed by atoms with van der Waals surface area (Å²) in [5, 5.41) is -0.106. The lowest BCUT2D eigenvalue weighted by Gasteiger charge is -2.28. The van der Waals surface area contributed by atoms with E-state index in [0.29, 0.717) is 32.1 Å². The molecule has 0 atom stereocenters. The molecule has 1 fully saturated rings. The molecule has 1 saturated heterocycles. The Kier molecular flexibility index (Phi) is 5.31. The van der Waals surface area contributed by atoms with E-state index < -0.39 is 11.6 Å². The van der Waals surface area contributed by atoms with Gasteiger partial charge in [0.2, 0.25) is 11.1 Å². The predicted molar refractivity (Wildman–Crippen MR) is 81.2 cm³/mol. The summed E-state index contributed by atoms with van der Waals surface area (Å²) in [5.74, 6) is -0.972. The molecule has 0 spiro atoms. The van der Waals surface area contributed by atoms with Crippen LogP contribution in [0.4, 0.5) is 14.6 Å². The second-order valence-corrected chi connectivity index (χ2v) is 5.29. The maximum absolute atomic E-state index is 14.5. The number of hydrogen-bond donors (Lipinski definition) is 0. The minimum absolute atomic E-state index is 0.0679. The van der Waals surface area contributed by atoms with Crippen LogP contribution in [0.2, 0.25) is 5.28 Å². The maximum Gasteiger partial charge on any atom is 0.257 e. The lowest BCUT2D eigenvalue weighted by Crippen LogP contribution is -2.37. The van der Waals surface area contributed by atoms with Gasteiger partial charge in [0.1, 0.15) is 5.82 Å². The monoisotopic (exact) mass is 357 g/mol. The van der Waals surface area contributed by atoms with E-state index in [2.05, 4.69) is 19.9 Å². The molecule has 0 aliphatic carbocycles. The molecule has 2 aromatic heterocycles. The molecule has 2 aromatic rings. The Bertz CT molecular complexity index is 698. The van der Waals surface area contributed by atoms with Crippen molar-refractivity contribution in [2.75, 3.05) is 37.8 Å². The fourth-order valence-corrected chi connectivity index (χ4v) is 2.33. The van der Waals surface area contributed by atoms with Crippen molar-refractivity contribution in [3.63, 3.8) is 0 Å². The molecule has 1 aliphatic heterocycles. The van der Waals surface area contributed by atoms with Gasteiger partial charge in [0, 0.05) is 19.5 Å². The number of hydrogen-bond acceptors (Lipinski definition) is 7. The summed E-state index contributed by atoms with van der Waals surface area (Å²) >= 11 is 5.86. The van der Waals surface area contributed by atoms with Gasteiger partial charge in [-0.2, -0.15) is 14.4 Å². The summed E-state index contributed by atoms with van der Waals surface area (Å²) in [4.78, 5) is 17.0. The van der Waals surface area contributed by atoms with Crippen molar-refractivity contribution in [1.82, 2.24) is 19.9 Å². The van der Waals surface area contributed by atoms with E-state index in [0.717, 1.165) is 12.4 Å². The summed E-state index contributed by atoms with van der Waals surface area (Å²) in [6.07, 6.45) is 2.39. The molecule has 128 valence electrons. The molecule has 7 nitrogen and oxygen atoms in total. The molecular weight excluding hydrogens is 344 g/mol. The summed E-state index contributed by atoms with van der Waals surface area (Å²) in [5.41, 5.74) is 0. The zero-order chi connectivity index (χ0) is 16.9. The third-order valence-electron chi connectivity index (χ3n) is 3.32. The van der Waals surface area contributed by atoms with Gasteiger partial charge in [-0.15, -0.1) is 0 Å². The lowest BCUT2D eigenvalue weighted by atomic mass is 10.4. The van der Waals surface area contributed by atoms with E-state index in [-0.39, 0.29) is 30.0 Å². The Morgan fingerprint density at radius 1 is 1.17 bits per heavy atom. The van der Waals surface area contributed by atoms with Crippen LogP contribution in [0.25, 0.3) is 0 Å². The normalized spacial score (nSPS) is 14.7. The van der Waals surface area contributed by atoms with Crippen LogP contribution < -0.4 is 9.64 Å². The van der Waals surface area contributed by atoms with Crippen molar-refractivity contribution in [1.29, 1.82) is 0 Å². The molecule has 0 unspecified atom stereocenters. The van der Waals surface area contributed by atoms with Gasteiger partial charge in [0.05, 0.1) is 32.2 Å². The SMILES string of the molecule is Fc1cnc(CCOc2nc(Cl)nc(N3CCOCC3)c2F)nc1. The van der Waals surface area contributed by atoms with E-state index in [4.69, 9.17) is 21.1 Å². The maximum atomic E-state index is 14.5. The first kappa shape index (κ1) is 16.7. The molecule has 3 heterocycles. The van der Waals surface area contributed by atoms with Gasteiger partial charge in [0.15, 0.2) is 11.6 Å². The van der Waals surface area contributed by atoms with E-state index in [1.54, 1.807) is 4.90 Å². The van der Waals surface area contributed by atoms with Crippen LogP contribution in [0.1, 0.15) is 5.82 Å². The summed E-state index contributed by atoms with van der Waals surface area (Å²) < 4.78 is 37.9. The van der Waals surface area contributed by atoms with Crippen LogP contribution in [-0.2, 0) is 11.2 Å². The molecule has 0 saturated carbocycles. The first-order valence-corrected chi connectivity index (χ1v) is 7.66. The standard InChI is InChI=1S/C14H14ClF2N5O2/c15-14-20-12(22-2-5-23-6-3-22)11(17)13(21-14)24-4-1-10-18-7-9(16)8-19-10/h7-8H,1-6H2. The highest BCUT2D eigenvalue weighted by atomic mass is 35.5. The van der Waals surface area contributed by atoms with Crippen molar-refractivity contribution in [3.05, 3.63) is 35.1 Å². The van der Waals surface area contributed by atoms with Crippen LogP contribution >= 0.6 is 11.6 Å². The molecule has 0 radical (unpaired) electrons. The quantitative estimate of drug-likeness (QED) is 0.753. The topological polar surface area (TPSA) is 73.3 Å². The van der Waals surface area contributed by atoms with Crippen LogP contribution in [0.3, 0.4) is 0 Å². The number of rotatable bonds is 5. The smallest absolute Gasteiger partial charge is 0.257 e. The Morgan fingerprint density at radius 2 is 1.88 bits per heavy atom. The fourth-order valence-electron chi connectivity index (χ4n) is 2.18. The zero-order valence-corrected chi connectivity index (χ0v) is 13.3. The van der Waals surface area contributed by atoms with Gasteiger partial charge in [-0.25, -0.2) is 14.4 Å². The van der Waals surface area contributed by atoms with Crippen molar-refractivity contribution >= 4 is 17.4 Å². The number of halogens is 3. The number of nitrogens with zero attached hydrogens (tertiary/aromatic N) is 5. The first-order chi connectivity index (χ1) is 11.6. The van der Waals surface area contributed by atoms with Crippen molar-refractivity contribution in [2.24, 2.45) is 0 Å². The molecule has 0 N–H and O–H groups in total. The summed E-state index contributed by atoms with van der Waals surface area (Å²) in [6.45, 7) is 2.05. The summed E-state index contributed by atoms with van der Waals surface area (Å²) in [6, 6.07) is 0. The third-order valence-corrected chi connectivity index (χ3v) is 3.49. The van der Waals surface area contributed by atoms with Gasteiger partial charge >= 0.3 is 0 Å². The Hall–Kier alpha value is -2.13. The van der Waals surface area contributed by atoms with Gasteiger partial charge < -0.3 is 14.4 Å².